The minimum atomic E-state index is -0.704. The summed E-state index contributed by atoms with van der Waals surface area (Å²) in [5, 5.41) is 3.23. The number of hydrogen-bond donors (Lipinski definition) is 1. The van der Waals surface area contributed by atoms with Crippen molar-refractivity contribution < 1.29 is 14.4 Å². The molecule has 1 atom stereocenters. The van der Waals surface area contributed by atoms with E-state index in [-0.39, 0.29) is 30.4 Å². The van der Waals surface area contributed by atoms with Crippen molar-refractivity contribution in [3.8, 4) is 0 Å². The molecule has 128 valence electrons. The molecule has 23 heavy (non-hydrogen) atoms. The summed E-state index contributed by atoms with van der Waals surface area (Å²) in [6, 6.07) is -0.238. The fourth-order valence-corrected chi connectivity index (χ4v) is 4.11. The molecule has 0 aromatic carbocycles. The highest BCUT2D eigenvalue weighted by Crippen LogP contribution is 2.39. The lowest BCUT2D eigenvalue weighted by atomic mass is 9.81. The fraction of sp³-hybridized carbons (Fsp3) is 0.812. The Morgan fingerprint density at radius 2 is 1.96 bits per heavy atom. The number of amides is 4. The van der Waals surface area contributed by atoms with Gasteiger partial charge in [-0.05, 0) is 19.8 Å². The maximum atomic E-state index is 12.9. The predicted octanol–water partition coefficient (Wildman–Crippen LogP) is 0.404. The van der Waals surface area contributed by atoms with Crippen molar-refractivity contribution in [1.82, 2.24) is 20.0 Å². The molecule has 4 amide bonds. The molecule has 2 saturated heterocycles. The molecular weight excluding hydrogens is 296 g/mol. The smallest absolute Gasteiger partial charge is 0.327 e. The second-order valence-electron chi connectivity index (χ2n) is 6.97. The van der Waals surface area contributed by atoms with Gasteiger partial charge in [-0.15, -0.1) is 0 Å². The van der Waals surface area contributed by atoms with Crippen molar-refractivity contribution in [1.29, 1.82) is 0 Å². The van der Waals surface area contributed by atoms with Gasteiger partial charge in [0, 0.05) is 32.7 Å². The molecule has 2 heterocycles. The number of hydrogen-bond acceptors (Lipinski definition) is 4. The second-order valence-corrected chi connectivity index (χ2v) is 6.97. The van der Waals surface area contributed by atoms with Gasteiger partial charge >= 0.3 is 6.03 Å². The standard InChI is InChI=1S/C16H26N4O3/c1-12-10-17-8-9-19(12)13(21)11-20-14(22)16(18(2)15(20)23)6-4-3-5-7-16/h12,17H,3-11H2,1-2H3/t12-/m0/s1. The normalized spacial score (nSPS) is 27.9. The van der Waals surface area contributed by atoms with Crippen LogP contribution < -0.4 is 5.32 Å². The first-order valence-corrected chi connectivity index (χ1v) is 8.57. The van der Waals surface area contributed by atoms with E-state index in [0.29, 0.717) is 19.4 Å². The zero-order valence-electron chi connectivity index (χ0n) is 14.0. The van der Waals surface area contributed by atoms with Crippen LogP contribution in [-0.4, -0.2) is 77.4 Å². The molecule has 0 aromatic heterocycles. The molecule has 1 spiro atoms. The third-order valence-corrected chi connectivity index (χ3v) is 5.60. The summed E-state index contributed by atoms with van der Waals surface area (Å²) in [6.07, 6.45) is 4.44. The van der Waals surface area contributed by atoms with Gasteiger partial charge in [-0.25, -0.2) is 4.79 Å². The predicted molar refractivity (Wildman–Crippen MR) is 84.7 cm³/mol. The molecule has 3 fully saturated rings. The van der Waals surface area contributed by atoms with Gasteiger partial charge in [-0.2, -0.15) is 0 Å². The van der Waals surface area contributed by atoms with E-state index >= 15 is 0 Å². The minimum Gasteiger partial charge on any atom is -0.336 e. The number of urea groups is 1. The molecule has 3 rings (SSSR count). The molecule has 0 radical (unpaired) electrons. The van der Waals surface area contributed by atoms with Gasteiger partial charge in [0.1, 0.15) is 12.1 Å². The van der Waals surface area contributed by atoms with Crippen LogP contribution in [0.15, 0.2) is 0 Å². The summed E-state index contributed by atoms with van der Waals surface area (Å²) in [7, 11) is 1.70. The van der Waals surface area contributed by atoms with Gasteiger partial charge < -0.3 is 15.1 Å². The molecule has 0 bridgehead atoms. The fourth-order valence-electron chi connectivity index (χ4n) is 4.11. The number of carbonyl (C=O) groups excluding carboxylic acids is 3. The van der Waals surface area contributed by atoms with Gasteiger partial charge in [0.25, 0.3) is 5.91 Å². The molecule has 3 aliphatic rings. The van der Waals surface area contributed by atoms with E-state index in [0.717, 1.165) is 32.4 Å². The number of carbonyl (C=O) groups is 3. The molecule has 2 aliphatic heterocycles. The van der Waals surface area contributed by atoms with Gasteiger partial charge in [0.2, 0.25) is 5.91 Å². The largest absolute Gasteiger partial charge is 0.336 e. The lowest BCUT2D eigenvalue weighted by molar-refractivity contribution is -0.141. The van der Waals surface area contributed by atoms with Crippen LogP contribution >= 0.6 is 0 Å². The lowest BCUT2D eigenvalue weighted by Crippen LogP contribution is -2.55. The van der Waals surface area contributed by atoms with Crippen molar-refractivity contribution in [3.05, 3.63) is 0 Å². The topological polar surface area (TPSA) is 73.0 Å². The van der Waals surface area contributed by atoms with E-state index < -0.39 is 5.54 Å². The first kappa shape index (κ1) is 16.2. The van der Waals surface area contributed by atoms with E-state index in [1.165, 1.54) is 4.90 Å². The van der Waals surface area contributed by atoms with E-state index in [2.05, 4.69) is 5.32 Å². The zero-order chi connectivity index (χ0) is 16.6. The number of rotatable bonds is 2. The van der Waals surface area contributed by atoms with Crippen LogP contribution in [0.25, 0.3) is 0 Å². The van der Waals surface area contributed by atoms with Crippen LogP contribution in [0.4, 0.5) is 4.79 Å². The summed E-state index contributed by atoms with van der Waals surface area (Å²) in [5.74, 6) is -0.317. The monoisotopic (exact) mass is 322 g/mol. The molecule has 7 nitrogen and oxygen atoms in total. The average molecular weight is 322 g/mol. The number of nitrogens with one attached hydrogen (secondary N) is 1. The van der Waals surface area contributed by atoms with Gasteiger partial charge in [-0.3, -0.25) is 14.5 Å². The van der Waals surface area contributed by atoms with Gasteiger partial charge in [0.05, 0.1) is 0 Å². The van der Waals surface area contributed by atoms with E-state index in [1.807, 2.05) is 6.92 Å². The van der Waals surface area contributed by atoms with Crippen LogP contribution in [-0.2, 0) is 9.59 Å². The number of likely N-dealkylation sites (N-methyl/N-ethyl adjacent to an activating group) is 1. The van der Waals surface area contributed by atoms with E-state index in [9.17, 15) is 14.4 Å². The summed E-state index contributed by atoms with van der Waals surface area (Å²) in [6.45, 7) is 3.97. The SMILES string of the molecule is C[C@H]1CNCCN1C(=O)CN1C(=O)N(C)C2(CCCCC2)C1=O. The Kier molecular flexibility index (Phi) is 4.31. The van der Waals surface area contributed by atoms with Gasteiger partial charge in [0.15, 0.2) is 0 Å². The van der Waals surface area contributed by atoms with Crippen LogP contribution in [0, 0.1) is 0 Å². The summed E-state index contributed by atoms with van der Waals surface area (Å²) < 4.78 is 0. The summed E-state index contributed by atoms with van der Waals surface area (Å²) >= 11 is 0. The van der Waals surface area contributed by atoms with Crippen molar-refractivity contribution in [2.24, 2.45) is 0 Å². The third kappa shape index (κ3) is 2.60. The average Bonchev–Trinajstić information content (AvgIpc) is 2.72. The zero-order valence-corrected chi connectivity index (χ0v) is 14.0. The Balaban J connectivity index is 1.73. The maximum absolute atomic E-state index is 12.9. The van der Waals surface area contributed by atoms with Crippen LogP contribution in [0.2, 0.25) is 0 Å². The van der Waals surface area contributed by atoms with E-state index in [4.69, 9.17) is 0 Å². The van der Waals surface area contributed by atoms with Crippen molar-refractivity contribution in [3.63, 3.8) is 0 Å². The molecule has 7 heteroatoms. The number of piperazine rings is 1. The first-order chi connectivity index (χ1) is 11.0. The Bertz CT molecular complexity index is 515. The van der Waals surface area contributed by atoms with Gasteiger partial charge in [-0.1, -0.05) is 19.3 Å². The molecule has 1 aliphatic carbocycles. The molecular formula is C16H26N4O3. The first-order valence-electron chi connectivity index (χ1n) is 8.57. The van der Waals surface area contributed by atoms with Crippen LogP contribution in [0.5, 0.6) is 0 Å². The van der Waals surface area contributed by atoms with Crippen molar-refractivity contribution in [2.75, 3.05) is 33.2 Å². The quantitative estimate of drug-likeness (QED) is 0.747. The van der Waals surface area contributed by atoms with E-state index in [1.54, 1.807) is 16.8 Å². The van der Waals surface area contributed by atoms with Crippen molar-refractivity contribution >= 4 is 17.8 Å². The molecule has 1 saturated carbocycles. The molecule has 0 aromatic rings. The highest BCUT2D eigenvalue weighted by molar-refractivity contribution is 6.08. The maximum Gasteiger partial charge on any atom is 0.327 e. The number of imide groups is 1. The van der Waals surface area contributed by atoms with Crippen LogP contribution in [0.1, 0.15) is 39.0 Å². The highest BCUT2D eigenvalue weighted by atomic mass is 16.2. The second kappa shape index (κ2) is 6.11. The Labute approximate surface area is 137 Å². The minimum absolute atomic E-state index is 0.0884. The summed E-state index contributed by atoms with van der Waals surface area (Å²) in [4.78, 5) is 42.5. The summed E-state index contributed by atoms with van der Waals surface area (Å²) in [5.41, 5.74) is -0.704. The Hall–Kier alpha value is -1.63. The van der Waals surface area contributed by atoms with Crippen molar-refractivity contribution in [2.45, 2.75) is 50.6 Å². The number of nitrogens with zero attached hydrogens (tertiary/aromatic N) is 3. The molecule has 1 N–H and O–H groups in total. The van der Waals surface area contributed by atoms with Crippen LogP contribution in [0.3, 0.4) is 0 Å². The lowest BCUT2D eigenvalue weighted by Gasteiger charge is -2.36. The molecule has 0 unspecified atom stereocenters. The highest BCUT2D eigenvalue weighted by Gasteiger charge is 2.56. The Morgan fingerprint density at radius 1 is 1.26 bits per heavy atom. The Morgan fingerprint density at radius 3 is 2.61 bits per heavy atom. The third-order valence-electron chi connectivity index (χ3n) is 5.60.